The Morgan fingerprint density at radius 2 is 2.07 bits per heavy atom. The highest BCUT2D eigenvalue weighted by Crippen LogP contribution is 1.95. The van der Waals surface area contributed by atoms with E-state index >= 15 is 0 Å². The van der Waals surface area contributed by atoms with Crippen molar-refractivity contribution in [3.05, 3.63) is 0 Å². The second-order valence-electron chi connectivity index (χ2n) is 2.73. The van der Waals surface area contributed by atoms with Crippen molar-refractivity contribution in [1.82, 2.24) is 4.90 Å². The molecule has 3 N–H and O–H groups in total. The first-order chi connectivity index (χ1) is 6.61. The molecule has 0 radical (unpaired) electrons. The smallest absolute Gasteiger partial charge is 0.409 e. The number of amides is 1. The lowest BCUT2D eigenvalue weighted by molar-refractivity contribution is 0.105. The highest BCUT2D eigenvalue weighted by Gasteiger charge is 2.12. The zero-order chi connectivity index (χ0) is 11.0. The summed E-state index contributed by atoms with van der Waals surface area (Å²) in [6.07, 6.45) is -0.0815. The van der Waals surface area contributed by atoms with Gasteiger partial charge in [0.15, 0.2) is 0 Å². The van der Waals surface area contributed by atoms with Gasteiger partial charge in [0.2, 0.25) is 0 Å². The fourth-order valence-corrected chi connectivity index (χ4v) is 0.880. The Labute approximate surface area is 83.5 Å². The van der Waals surface area contributed by atoms with Crippen molar-refractivity contribution in [2.24, 2.45) is 5.73 Å². The van der Waals surface area contributed by atoms with Gasteiger partial charge < -0.3 is 20.1 Å². The maximum atomic E-state index is 11.2. The third-order valence-corrected chi connectivity index (χ3v) is 1.65. The van der Waals surface area contributed by atoms with Crippen molar-refractivity contribution in [2.45, 2.75) is 6.42 Å². The number of ether oxygens (including phenoxy) is 2. The average Bonchev–Trinajstić information content (AvgIpc) is 2.16. The van der Waals surface area contributed by atoms with E-state index in [9.17, 15) is 4.79 Å². The molecule has 0 aromatic heterocycles. The van der Waals surface area contributed by atoms with Gasteiger partial charge in [-0.1, -0.05) is 0 Å². The number of hydrogen-bond acceptors (Lipinski definition) is 4. The molecule has 0 spiro atoms. The van der Waals surface area contributed by atoms with Gasteiger partial charge >= 0.3 is 6.09 Å². The first-order valence-corrected chi connectivity index (χ1v) is 4.26. The molecule has 0 heterocycles. The van der Waals surface area contributed by atoms with Gasteiger partial charge in [-0.25, -0.2) is 4.79 Å². The Kier molecular flexibility index (Phi) is 6.47. The molecule has 0 fully saturated rings. The Morgan fingerprint density at radius 3 is 2.50 bits per heavy atom. The van der Waals surface area contributed by atoms with E-state index in [0.717, 1.165) is 0 Å². The van der Waals surface area contributed by atoms with Crippen LogP contribution in [-0.4, -0.2) is 50.7 Å². The molecule has 0 aromatic rings. The summed E-state index contributed by atoms with van der Waals surface area (Å²) in [7, 11) is 2.87. The molecule has 82 valence electrons. The Balaban J connectivity index is 3.96. The zero-order valence-electron chi connectivity index (χ0n) is 8.58. The molecule has 0 rings (SSSR count). The molecule has 6 heteroatoms. The van der Waals surface area contributed by atoms with Crippen LogP contribution in [0.15, 0.2) is 0 Å². The van der Waals surface area contributed by atoms with E-state index in [2.05, 4.69) is 4.74 Å². The summed E-state index contributed by atoms with van der Waals surface area (Å²) >= 11 is 0. The standard InChI is InChI=1S/C8H17N3O3/c1-13-6-5-11(8(12)14-2)4-3-7(9)10/h3-6H2,1-2H3,(H3,9,10). The largest absolute Gasteiger partial charge is 0.453 e. The number of carbonyl (C=O) groups excluding carboxylic acids is 1. The second-order valence-corrected chi connectivity index (χ2v) is 2.73. The quantitative estimate of drug-likeness (QED) is 0.470. The lowest BCUT2D eigenvalue weighted by atomic mass is 10.3. The molecule has 0 saturated heterocycles. The van der Waals surface area contributed by atoms with Crippen molar-refractivity contribution in [1.29, 1.82) is 5.41 Å². The number of nitrogens with one attached hydrogen (secondary N) is 1. The number of methoxy groups -OCH3 is 2. The lowest BCUT2D eigenvalue weighted by Crippen LogP contribution is -2.36. The summed E-state index contributed by atoms with van der Waals surface area (Å²) in [5.41, 5.74) is 5.18. The van der Waals surface area contributed by atoms with Crippen LogP contribution in [0.1, 0.15) is 6.42 Å². The van der Waals surface area contributed by atoms with E-state index in [1.807, 2.05) is 0 Å². The summed E-state index contributed by atoms with van der Waals surface area (Å²) in [6.45, 7) is 1.26. The van der Waals surface area contributed by atoms with Crippen LogP contribution in [-0.2, 0) is 9.47 Å². The van der Waals surface area contributed by atoms with Crippen molar-refractivity contribution in [2.75, 3.05) is 33.9 Å². The monoisotopic (exact) mass is 203 g/mol. The molecule has 0 unspecified atom stereocenters. The number of nitrogens with two attached hydrogens (primary N) is 1. The average molecular weight is 203 g/mol. The number of rotatable bonds is 6. The fraction of sp³-hybridized carbons (Fsp3) is 0.750. The van der Waals surface area contributed by atoms with E-state index < -0.39 is 6.09 Å². The minimum atomic E-state index is -0.428. The Morgan fingerprint density at radius 1 is 1.43 bits per heavy atom. The van der Waals surface area contributed by atoms with Gasteiger partial charge in [-0.3, -0.25) is 5.41 Å². The van der Waals surface area contributed by atoms with E-state index in [1.165, 1.54) is 12.0 Å². The molecule has 0 aliphatic carbocycles. The maximum absolute atomic E-state index is 11.2. The van der Waals surface area contributed by atoms with Gasteiger partial charge in [0.25, 0.3) is 0 Å². The number of hydrogen-bond donors (Lipinski definition) is 2. The molecule has 0 saturated carbocycles. The number of carbonyl (C=O) groups is 1. The van der Waals surface area contributed by atoms with Crippen LogP contribution in [0.4, 0.5) is 4.79 Å². The predicted molar refractivity (Wildman–Crippen MR) is 52.4 cm³/mol. The zero-order valence-corrected chi connectivity index (χ0v) is 8.58. The first-order valence-electron chi connectivity index (χ1n) is 4.26. The van der Waals surface area contributed by atoms with E-state index in [0.29, 0.717) is 26.1 Å². The summed E-state index contributed by atoms with van der Waals surface area (Å²) in [5, 5.41) is 7.03. The van der Waals surface area contributed by atoms with Gasteiger partial charge in [0.1, 0.15) is 0 Å². The second kappa shape index (κ2) is 7.14. The van der Waals surface area contributed by atoms with Gasteiger partial charge in [-0.15, -0.1) is 0 Å². The van der Waals surface area contributed by atoms with Crippen molar-refractivity contribution >= 4 is 11.9 Å². The SMILES string of the molecule is COCCN(CCC(=N)N)C(=O)OC. The summed E-state index contributed by atoms with van der Waals surface area (Å²) < 4.78 is 9.40. The number of amidine groups is 1. The van der Waals surface area contributed by atoms with Crippen LogP contribution in [0.5, 0.6) is 0 Å². The van der Waals surface area contributed by atoms with Crippen LogP contribution < -0.4 is 5.73 Å². The minimum absolute atomic E-state index is 0.0521. The van der Waals surface area contributed by atoms with E-state index in [1.54, 1.807) is 7.11 Å². The van der Waals surface area contributed by atoms with E-state index in [4.69, 9.17) is 15.9 Å². The topological polar surface area (TPSA) is 88.6 Å². The van der Waals surface area contributed by atoms with Crippen molar-refractivity contribution < 1.29 is 14.3 Å². The van der Waals surface area contributed by atoms with Crippen LogP contribution in [0.2, 0.25) is 0 Å². The molecule has 0 aliphatic heterocycles. The van der Waals surface area contributed by atoms with Gasteiger partial charge in [-0.05, 0) is 0 Å². The van der Waals surface area contributed by atoms with Gasteiger partial charge in [0, 0.05) is 26.6 Å². The summed E-state index contributed by atoms with van der Waals surface area (Å²) in [6, 6.07) is 0. The number of nitrogens with zero attached hydrogens (tertiary/aromatic N) is 1. The predicted octanol–water partition coefficient (Wildman–Crippen LogP) is 0.0273. The molecule has 0 bridgehead atoms. The Hall–Kier alpha value is -1.30. The lowest BCUT2D eigenvalue weighted by Gasteiger charge is -2.20. The van der Waals surface area contributed by atoms with Crippen LogP contribution in [0.25, 0.3) is 0 Å². The highest BCUT2D eigenvalue weighted by atomic mass is 16.5. The highest BCUT2D eigenvalue weighted by molar-refractivity contribution is 5.77. The van der Waals surface area contributed by atoms with Gasteiger partial charge in [0.05, 0.1) is 19.6 Å². The van der Waals surface area contributed by atoms with E-state index in [-0.39, 0.29) is 5.84 Å². The first kappa shape index (κ1) is 12.7. The molecule has 0 atom stereocenters. The molecule has 0 aliphatic rings. The third kappa shape index (κ3) is 5.36. The van der Waals surface area contributed by atoms with Crippen LogP contribution in [0.3, 0.4) is 0 Å². The van der Waals surface area contributed by atoms with Crippen molar-refractivity contribution in [3.8, 4) is 0 Å². The Bertz CT molecular complexity index is 196. The van der Waals surface area contributed by atoms with Gasteiger partial charge in [-0.2, -0.15) is 0 Å². The molecule has 6 nitrogen and oxygen atoms in total. The summed E-state index contributed by atoms with van der Waals surface area (Å²) in [5.74, 6) is 0.0521. The summed E-state index contributed by atoms with van der Waals surface area (Å²) in [4.78, 5) is 12.6. The molecular weight excluding hydrogens is 186 g/mol. The normalized spacial score (nSPS) is 9.57. The van der Waals surface area contributed by atoms with Crippen LogP contribution in [0, 0.1) is 5.41 Å². The fourth-order valence-electron chi connectivity index (χ4n) is 0.880. The van der Waals surface area contributed by atoms with Crippen LogP contribution >= 0.6 is 0 Å². The molecule has 0 aromatic carbocycles. The molecule has 14 heavy (non-hydrogen) atoms. The molecular formula is C8H17N3O3. The third-order valence-electron chi connectivity index (χ3n) is 1.65. The van der Waals surface area contributed by atoms with Crippen molar-refractivity contribution in [3.63, 3.8) is 0 Å². The minimum Gasteiger partial charge on any atom is -0.453 e. The maximum Gasteiger partial charge on any atom is 0.409 e. The molecule has 1 amide bonds.